The van der Waals surface area contributed by atoms with Crippen molar-refractivity contribution in [2.75, 3.05) is 12.5 Å². The zero-order valence-electron chi connectivity index (χ0n) is 22.1. The Morgan fingerprint density at radius 3 is 1.91 bits per heavy atom. The van der Waals surface area contributed by atoms with Gasteiger partial charge in [-0.3, -0.25) is 0 Å². The van der Waals surface area contributed by atoms with E-state index in [1.165, 1.54) is 17.5 Å². The molecular weight excluding hydrogens is 808 g/mol. The monoisotopic (exact) mass is 822 g/mol. The van der Waals surface area contributed by atoms with Gasteiger partial charge in [0.05, 0.1) is 30.4 Å². The minimum absolute atomic E-state index is 0.399. The molecule has 0 fully saturated rings. The van der Waals surface area contributed by atoms with Gasteiger partial charge >= 0.3 is 0 Å². The van der Waals surface area contributed by atoms with Gasteiger partial charge in [0.25, 0.3) is 0 Å². The van der Waals surface area contributed by atoms with E-state index in [9.17, 15) is 5.26 Å². The van der Waals surface area contributed by atoms with E-state index < -0.39 is 0 Å². The molecular formula is C28H17Br2ClN6S6. The SMILES string of the molecule is CSc1nc2ncc(C#N)c(Cl)c2s1.CSc1nc2ncc(C#N)c(Sc3cccc(Br)c3)c2s1.Sc1cccc(Br)c1. The summed E-state index contributed by atoms with van der Waals surface area (Å²) in [6.07, 6.45) is 6.99. The van der Waals surface area contributed by atoms with Crippen LogP contribution in [0.5, 0.6) is 0 Å². The number of benzene rings is 2. The van der Waals surface area contributed by atoms with Gasteiger partial charge in [0.1, 0.15) is 12.1 Å². The van der Waals surface area contributed by atoms with Crippen molar-refractivity contribution in [1.82, 2.24) is 19.9 Å². The molecule has 0 N–H and O–H groups in total. The maximum Gasteiger partial charge on any atom is 0.173 e. The predicted molar refractivity (Wildman–Crippen MR) is 192 cm³/mol. The van der Waals surface area contributed by atoms with E-state index in [1.807, 2.05) is 67.1 Å². The number of nitriles is 2. The summed E-state index contributed by atoms with van der Waals surface area (Å²) >= 11 is 24.7. The largest absolute Gasteiger partial charge is 0.234 e. The Labute approximate surface area is 296 Å². The molecule has 15 heteroatoms. The van der Waals surface area contributed by atoms with Crippen LogP contribution in [0, 0.1) is 22.7 Å². The van der Waals surface area contributed by atoms with Crippen LogP contribution in [0.1, 0.15) is 11.1 Å². The van der Waals surface area contributed by atoms with Crippen molar-refractivity contribution in [2.24, 2.45) is 0 Å². The van der Waals surface area contributed by atoms with Crippen LogP contribution in [0.25, 0.3) is 20.7 Å². The van der Waals surface area contributed by atoms with Crippen molar-refractivity contribution in [3.63, 3.8) is 0 Å². The lowest BCUT2D eigenvalue weighted by atomic mass is 10.3. The number of hydrogen-bond donors (Lipinski definition) is 1. The third kappa shape index (κ3) is 9.10. The summed E-state index contributed by atoms with van der Waals surface area (Å²) in [6, 6.07) is 20.1. The average Bonchev–Trinajstić information content (AvgIpc) is 3.63. The third-order valence-electron chi connectivity index (χ3n) is 5.11. The van der Waals surface area contributed by atoms with E-state index in [-0.39, 0.29) is 0 Å². The molecule has 0 saturated heterocycles. The normalized spacial score (nSPS) is 10.3. The second-order valence-corrected chi connectivity index (χ2v) is 15.8. The molecule has 43 heavy (non-hydrogen) atoms. The number of nitrogens with zero attached hydrogens (tertiary/aromatic N) is 6. The van der Waals surface area contributed by atoms with Crippen LogP contribution in [0.4, 0.5) is 0 Å². The number of hydrogen-bond acceptors (Lipinski definition) is 12. The van der Waals surface area contributed by atoms with Crippen molar-refractivity contribution in [3.05, 3.63) is 86.0 Å². The number of rotatable bonds is 4. The number of thioether (sulfide) groups is 2. The Kier molecular flexibility index (Phi) is 13.0. The van der Waals surface area contributed by atoms with Gasteiger partial charge in [0.2, 0.25) is 0 Å². The second kappa shape index (κ2) is 16.5. The maximum atomic E-state index is 9.34. The zero-order valence-corrected chi connectivity index (χ0v) is 31.0. The number of aromatic nitrogens is 4. The predicted octanol–water partition coefficient (Wildman–Crippen LogP) is 10.9. The molecule has 6 aromatic rings. The topological polar surface area (TPSA) is 99.1 Å². The minimum Gasteiger partial charge on any atom is -0.234 e. The lowest BCUT2D eigenvalue weighted by Crippen LogP contribution is -1.86. The van der Waals surface area contributed by atoms with E-state index in [0.717, 1.165) is 41.7 Å². The highest BCUT2D eigenvalue weighted by Crippen LogP contribution is 2.40. The van der Waals surface area contributed by atoms with Gasteiger partial charge in [0.15, 0.2) is 20.0 Å². The molecule has 2 aromatic carbocycles. The highest BCUT2D eigenvalue weighted by molar-refractivity contribution is 9.10. The highest BCUT2D eigenvalue weighted by atomic mass is 79.9. The van der Waals surface area contributed by atoms with Crippen LogP contribution in [-0.2, 0) is 0 Å². The molecule has 0 aliphatic heterocycles. The molecule has 0 amide bonds. The van der Waals surface area contributed by atoms with Gasteiger partial charge in [-0.05, 0) is 48.9 Å². The molecule has 0 bridgehead atoms. The van der Waals surface area contributed by atoms with Gasteiger partial charge in [-0.2, -0.15) is 10.5 Å². The van der Waals surface area contributed by atoms with Crippen LogP contribution in [0.2, 0.25) is 5.02 Å². The highest BCUT2D eigenvalue weighted by Gasteiger charge is 2.15. The van der Waals surface area contributed by atoms with E-state index in [0.29, 0.717) is 27.4 Å². The third-order valence-corrected chi connectivity index (χ3v) is 12.2. The molecule has 0 spiro atoms. The molecule has 6 nitrogen and oxygen atoms in total. The number of thiol groups is 1. The van der Waals surface area contributed by atoms with E-state index in [1.54, 1.807) is 52.8 Å². The van der Waals surface area contributed by atoms with Crippen molar-refractivity contribution < 1.29 is 0 Å². The van der Waals surface area contributed by atoms with Crippen LogP contribution in [-0.4, -0.2) is 32.4 Å². The first-order valence-corrected chi connectivity index (χ1v) is 19.1. The molecule has 4 heterocycles. The van der Waals surface area contributed by atoms with E-state index in [2.05, 4.69) is 70.5 Å². The zero-order chi connectivity index (χ0) is 30.9. The van der Waals surface area contributed by atoms with Crippen molar-refractivity contribution in [1.29, 1.82) is 10.5 Å². The molecule has 0 atom stereocenters. The summed E-state index contributed by atoms with van der Waals surface area (Å²) in [6.45, 7) is 0. The van der Waals surface area contributed by atoms with Crippen LogP contribution in [0.3, 0.4) is 0 Å². The number of halogens is 3. The lowest BCUT2D eigenvalue weighted by Gasteiger charge is -2.05. The number of thiazole rings is 2. The van der Waals surface area contributed by atoms with Gasteiger partial charge in [-0.25, -0.2) is 19.9 Å². The minimum atomic E-state index is 0.399. The van der Waals surface area contributed by atoms with Crippen molar-refractivity contribution >= 4 is 135 Å². The summed E-state index contributed by atoms with van der Waals surface area (Å²) in [5.74, 6) is 0. The molecule has 0 aliphatic rings. The van der Waals surface area contributed by atoms with Gasteiger partial charge in [-0.1, -0.05) is 90.9 Å². The fraction of sp³-hybridized carbons (Fsp3) is 0.0714. The molecule has 6 rings (SSSR count). The Morgan fingerprint density at radius 1 is 0.814 bits per heavy atom. The fourth-order valence-electron chi connectivity index (χ4n) is 3.22. The second-order valence-electron chi connectivity index (χ2n) is 7.92. The Hall–Kier alpha value is -1.85. The van der Waals surface area contributed by atoms with Crippen molar-refractivity contribution in [3.8, 4) is 12.1 Å². The standard InChI is InChI=1S/C14H8BrN3S3.C8H4ClN3S2.C6H5BrS/c1-19-14-18-13-12(21-14)11(8(6-16)7-17-13)20-10-4-2-3-9(15)5-10;1-13-8-12-7-6(14-8)5(9)4(2-10)3-11-7;7-5-2-1-3-6(8)4-5/h2-5,7H,1H3;3H,1H3;1-4,8H. The van der Waals surface area contributed by atoms with Crippen LogP contribution in [0.15, 0.2) is 93.2 Å². The first kappa shape index (κ1) is 34.0. The lowest BCUT2D eigenvalue weighted by molar-refractivity contribution is 1.21. The Morgan fingerprint density at radius 2 is 1.37 bits per heavy atom. The summed E-state index contributed by atoms with van der Waals surface area (Å²) < 4.78 is 5.72. The summed E-state index contributed by atoms with van der Waals surface area (Å²) in [7, 11) is 0. The van der Waals surface area contributed by atoms with Gasteiger partial charge < -0.3 is 0 Å². The van der Waals surface area contributed by atoms with E-state index in [4.69, 9.17) is 16.9 Å². The van der Waals surface area contributed by atoms with Crippen molar-refractivity contribution in [2.45, 2.75) is 23.4 Å². The van der Waals surface area contributed by atoms with Crippen LogP contribution >= 0.6 is 114 Å². The summed E-state index contributed by atoms with van der Waals surface area (Å²) in [5, 5.41) is 18.5. The Balaban J connectivity index is 0.000000165. The molecule has 0 radical (unpaired) electrons. The molecule has 216 valence electrons. The van der Waals surface area contributed by atoms with Gasteiger partial charge in [-0.15, -0.1) is 35.3 Å². The quantitative estimate of drug-likeness (QED) is 0.138. The molecule has 0 saturated carbocycles. The van der Waals surface area contributed by atoms with Gasteiger partial charge in [0, 0.05) is 31.1 Å². The number of pyridine rings is 2. The maximum absolute atomic E-state index is 9.34. The molecule has 0 unspecified atom stereocenters. The first-order chi connectivity index (χ1) is 20.8. The Bertz CT molecular complexity index is 1970. The van der Waals surface area contributed by atoms with E-state index >= 15 is 0 Å². The fourth-order valence-corrected chi connectivity index (χ4v) is 8.99. The molecule has 0 aliphatic carbocycles. The average molecular weight is 825 g/mol. The summed E-state index contributed by atoms with van der Waals surface area (Å²) in [5.41, 5.74) is 2.31. The number of fused-ring (bicyclic) bond motifs is 2. The molecule has 4 aromatic heterocycles. The smallest absolute Gasteiger partial charge is 0.173 e. The first-order valence-electron chi connectivity index (χ1n) is 11.8. The van der Waals surface area contributed by atoms with Crippen LogP contribution < -0.4 is 0 Å². The summed E-state index contributed by atoms with van der Waals surface area (Å²) in [4.78, 5) is 20.0.